The highest BCUT2D eigenvalue weighted by atomic mass is 35.5. The van der Waals surface area contributed by atoms with Crippen molar-refractivity contribution < 1.29 is 17.9 Å². The summed E-state index contributed by atoms with van der Waals surface area (Å²) in [5, 5.41) is 3.27. The van der Waals surface area contributed by atoms with E-state index in [9.17, 15) is 13.2 Å². The number of nitrogens with zero attached hydrogens (tertiary/aromatic N) is 1. The number of nitrogens with one attached hydrogen (secondary N) is 1. The highest BCUT2D eigenvalue weighted by Crippen LogP contribution is 2.39. The predicted octanol–water partition coefficient (Wildman–Crippen LogP) is 5.06. The minimum atomic E-state index is -3.94. The Balaban J connectivity index is 1.69. The fourth-order valence-electron chi connectivity index (χ4n) is 3.64. The molecule has 0 aliphatic carbocycles. The van der Waals surface area contributed by atoms with Crippen LogP contribution in [0.5, 0.6) is 5.75 Å². The first kappa shape index (κ1) is 22.2. The molecule has 1 atom stereocenters. The van der Waals surface area contributed by atoms with Gasteiger partial charge in [-0.05, 0) is 47.9 Å². The van der Waals surface area contributed by atoms with E-state index >= 15 is 0 Å². The summed E-state index contributed by atoms with van der Waals surface area (Å²) in [6.45, 7) is 3.90. The summed E-state index contributed by atoms with van der Waals surface area (Å²) in [5.41, 5.74) is 1.96. The molecule has 1 N–H and O–H groups in total. The lowest BCUT2D eigenvalue weighted by atomic mass is 10.0. The summed E-state index contributed by atoms with van der Waals surface area (Å²) < 4.78 is 33.9. The first-order valence-electron chi connectivity index (χ1n) is 10.2. The Morgan fingerprint density at radius 1 is 1.06 bits per heavy atom. The molecular weight excluding hydrogens is 448 g/mol. The average Bonchev–Trinajstić information content (AvgIpc) is 2.79. The molecule has 6 nitrogen and oxygen atoms in total. The highest BCUT2D eigenvalue weighted by Gasteiger charge is 2.38. The van der Waals surface area contributed by atoms with Crippen molar-refractivity contribution in [2.75, 3.05) is 16.2 Å². The quantitative estimate of drug-likeness (QED) is 0.565. The monoisotopic (exact) mass is 470 g/mol. The second kappa shape index (κ2) is 8.84. The van der Waals surface area contributed by atoms with Gasteiger partial charge in [0.05, 0.1) is 17.1 Å². The van der Waals surface area contributed by atoms with Crippen molar-refractivity contribution in [3.8, 4) is 5.75 Å². The molecule has 0 aromatic heterocycles. The Bertz CT molecular complexity index is 1250. The Kier molecular flexibility index (Phi) is 6.13. The zero-order chi connectivity index (χ0) is 22.9. The zero-order valence-electron chi connectivity index (χ0n) is 17.7. The number of sulfonamides is 1. The third kappa shape index (κ3) is 4.31. The summed E-state index contributed by atoms with van der Waals surface area (Å²) in [4.78, 5) is 13.3. The van der Waals surface area contributed by atoms with E-state index in [1.165, 1.54) is 22.5 Å². The molecule has 0 bridgehead atoms. The van der Waals surface area contributed by atoms with Crippen molar-refractivity contribution >= 4 is 38.9 Å². The summed E-state index contributed by atoms with van der Waals surface area (Å²) >= 11 is 6.14. The molecular formula is C24H23ClN2O4S. The van der Waals surface area contributed by atoms with Crippen LogP contribution < -0.4 is 14.4 Å². The lowest BCUT2D eigenvalue weighted by Gasteiger charge is -2.35. The molecule has 3 aromatic rings. The summed E-state index contributed by atoms with van der Waals surface area (Å²) in [7, 11) is -3.94. The zero-order valence-corrected chi connectivity index (χ0v) is 19.2. The molecule has 0 fully saturated rings. The molecule has 166 valence electrons. The number of hydrogen-bond donors (Lipinski definition) is 1. The van der Waals surface area contributed by atoms with Gasteiger partial charge in [-0.2, -0.15) is 0 Å². The Hall–Kier alpha value is -3.03. The van der Waals surface area contributed by atoms with E-state index in [4.69, 9.17) is 16.3 Å². The van der Waals surface area contributed by atoms with Gasteiger partial charge in [0.25, 0.3) is 15.9 Å². The van der Waals surface area contributed by atoms with E-state index < -0.39 is 22.0 Å². The van der Waals surface area contributed by atoms with Gasteiger partial charge in [-0.25, -0.2) is 8.42 Å². The van der Waals surface area contributed by atoms with Crippen LogP contribution in [0.1, 0.15) is 25.3 Å². The number of rotatable bonds is 5. The van der Waals surface area contributed by atoms with Crippen LogP contribution in [0.4, 0.5) is 11.4 Å². The molecule has 3 aromatic carbocycles. The normalized spacial score (nSPS) is 15.8. The fourth-order valence-corrected chi connectivity index (χ4v) is 5.29. The van der Waals surface area contributed by atoms with Crippen LogP contribution in [-0.4, -0.2) is 27.0 Å². The van der Waals surface area contributed by atoms with Gasteiger partial charge in [-0.3, -0.25) is 9.10 Å². The van der Waals surface area contributed by atoms with Crippen LogP contribution in [0.2, 0.25) is 5.02 Å². The summed E-state index contributed by atoms with van der Waals surface area (Å²) in [6, 6.07) is 20.3. The molecule has 1 aliphatic heterocycles. The van der Waals surface area contributed by atoms with Crippen molar-refractivity contribution in [3.63, 3.8) is 0 Å². The van der Waals surface area contributed by atoms with E-state index in [1.54, 1.807) is 30.3 Å². The SMILES string of the molecule is CC(C)c1ccccc1NC(=O)C1CN(S(=O)(=O)c2ccccc2)c2cc(Cl)ccc2O1. The molecule has 0 radical (unpaired) electrons. The lowest BCUT2D eigenvalue weighted by Crippen LogP contribution is -2.48. The molecule has 4 rings (SSSR count). The molecule has 1 unspecified atom stereocenters. The van der Waals surface area contributed by atoms with Crippen molar-refractivity contribution in [1.29, 1.82) is 0 Å². The standard InChI is InChI=1S/C24H23ClN2O4S/c1-16(2)19-10-6-7-11-20(19)26-24(28)23-15-27(21-14-17(25)12-13-22(21)31-23)32(29,30)18-8-4-3-5-9-18/h3-14,16,23H,15H2,1-2H3,(H,26,28). The number of amides is 1. The topological polar surface area (TPSA) is 75.7 Å². The molecule has 1 aliphatic rings. The van der Waals surface area contributed by atoms with Gasteiger partial charge in [0, 0.05) is 10.7 Å². The van der Waals surface area contributed by atoms with Crippen LogP contribution in [0.15, 0.2) is 77.7 Å². The number of para-hydroxylation sites is 1. The van der Waals surface area contributed by atoms with Crippen LogP contribution in [0.3, 0.4) is 0 Å². The van der Waals surface area contributed by atoms with Gasteiger partial charge >= 0.3 is 0 Å². The predicted molar refractivity (Wildman–Crippen MR) is 126 cm³/mol. The molecule has 0 saturated heterocycles. The average molecular weight is 471 g/mol. The van der Waals surface area contributed by atoms with Crippen LogP contribution >= 0.6 is 11.6 Å². The van der Waals surface area contributed by atoms with E-state index in [-0.39, 0.29) is 23.1 Å². The first-order chi connectivity index (χ1) is 15.3. The Morgan fingerprint density at radius 2 is 1.75 bits per heavy atom. The molecule has 32 heavy (non-hydrogen) atoms. The number of hydrogen-bond acceptors (Lipinski definition) is 4. The third-order valence-electron chi connectivity index (χ3n) is 5.25. The van der Waals surface area contributed by atoms with Crippen molar-refractivity contribution in [2.24, 2.45) is 0 Å². The third-order valence-corrected chi connectivity index (χ3v) is 7.28. The van der Waals surface area contributed by atoms with Gasteiger partial charge in [-0.1, -0.05) is 61.8 Å². The number of ether oxygens (including phenoxy) is 1. The van der Waals surface area contributed by atoms with Gasteiger partial charge in [-0.15, -0.1) is 0 Å². The molecule has 1 heterocycles. The van der Waals surface area contributed by atoms with E-state index in [0.717, 1.165) is 5.56 Å². The number of benzene rings is 3. The van der Waals surface area contributed by atoms with Gasteiger partial charge in [0.1, 0.15) is 5.75 Å². The molecule has 0 spiro atoms. The lowest BCUT2D eigenvalue weighted by molar-refractivity contribution is -0.122. The second-order valence-electron chi connectivity index (χ2n) is 7.80. The Labute approximate surface area is 192 Å². The van der Waals surface area contributed by atoms with Crippen molar-refractivity contribution in [2.45, 2.75) is 30.8 Å². The molecule has 0 saturated carbocycles. The van der Waals surface area contributed by atoms with E-state index in [2.05, 4.69) is 5.32 Å². The maximum atomic E-state index is 13.4. The number of carbonyl (C=O) groups is 1. The fraction of sp³-hybridized carbons (Fsp3) is 0.208. The van der Waals surface area contributed by atoms with Crippen molar-refractivity contribution in [1.82, 2.24) is 0 Å². The minimum absolute atomic E-state index is 0.122. The van der Waals surface area contributed by atoms with E-state index in [0.29, 0.717) is 16.4 Å². The van der Waals surface area contributed by atoms with E-state index in [1.807, 2.05) is 38.1 Å². The maximum absolute atomic E-state index is 13.4. The number of anilines is 2. The van der Waals surface area contributed by atoms with Gasteiger partial charge in [0.15, 0.2) is 6.10 Å². The minimum Gasteiger partial charge on any atom is -0.476 e. The smallest absolute Gasteiger partial charge is 0.267 e. The van der Waals surface area contributed by atoms with Gasteiger partial charge in [0.2, 0.25) is 0 Å². The number of fused-ring (bicyclic) bond motifs is 1. The summed E-state index contributed by atoms with van der Waals surface area (Å²) in [6.07, 6.45) is -1.04. The van der Waals surface area contributed by atoms with Crippen LogP contribution in [0.25, 0.3) is 0 Å². The van der Waals surface area contributed by atoms with Crippen LogP contribution in [-0.2, 0) is 14.8 Å². The van der Waals surface area contributed by atoms with Crippen LogP contribution in [0, 0.1) is 0 Å². The largest absolute Gasteiger partial charge is 0.476 e. The van der Waals surface area contributed by atoms with Gasteiger partial charge < -0.3 is 10.1 Å². The maximum Gasteiger partial charge on any atom is 0.267 e. The number of halogens is 1. The molecule has 8 heteroatoms. The first-order valence-corrected chi connectivity index (χ1v) is 12.0. The second-order valence-corrected chi connectivity index (χ2v) is 10.1. The Morgan fingerprint density at radius 3 is 2.47 bits per heavy atom. The molecule has 1 amide bonds. The number of carbonyl (C=O) groups excluding carboxylic acids is 1. The summed E-state index contributed by atoms with van der Waals surface area (Å²) in [5.74, 6) is 0.0565. The van der Waals surface area contributed by atoms with Crippen molar-refractivity contribution in [3.05, 3.63) is 83.4 Å². The highest BCUT2D eigenvalue weighted by molar-refractivity contribution is 7.92.